The normalized spacial score (nSPS) is 19.2. The predicted octanol–water partition coefficient (Wildman–Crippen LogP) is 3.20. The second-order valence-corrected chi connectivity index (χ2v) is 6.39. The van der Waals surface area contributed by atoms with Crippen LogP contribution in [0.25, 0.3) is 0 Å². The van der Waals surface area contributed by atoms with Gasteiger partial charge in [-0.15, -0.1) is 0 Å². The van der Waals surface area contributed by atoms with Crippen molar-refractivity contribution in [2.75, 3.05) is 20.2 Å². The van der Waals surface area contributed by atoms with Gasteiger partial charge in [-0.05, 0) is 45.7 Å². The number of ether oxygens (including phenoxy) is 2. The van der Waals surface area contributed by atoms with Crippen LogP contribution in [0, 0.1) is 0 Å². The molecule has 1 saturated heterocycles. The topological polar surface area (TPSA) is 51.7 Å². The zero-order valence-corrected chi connectivity index (χ0v) is 13.3. The predicted molar refractivity (Wildman–Crippen MR) is 80.6 cm³/mol. The Morgan fingerprint density at radius 1 is 1.38 bits per heavy atom. The maximum absolute atomic E-state index is 12.2. The molecule has 2 rings (SSSR count). The summed E-state index contributed by atoms with van der Waals surface area (Å²) in [6, 6.07) is 3.89. The minimum Gasteiger partial charge on any atom is -0.495 e. The molecule has 0 bridgehead atoms. The average Bonchev–Trinajstić information content (AvgIpc) is 2.46. The van der Waals surface area contributed by atoms with Crippen molar-refractivity contribution in [1.29, 1.82) is 0 Å². The summed E-state index contributed by atoms with van der Waals surface area (Å²) in [5.41, 5.74) is 0.548. The molecular weight excluding hydrogens is 268 g/mol. The van der Waals surface area contributed by atoms with E-state index in [0.717, 1.165) is 30.8 Å². The third kappa shape index (κ3) is 4.34. The van der Waals surface area contributed by atoms with Gasteiger partial charge in [-0.25, -0.2) is 4.79 Å². The summed E-state index contributed by atoms with van der Waals surface area (Å²) in [6.45, 7) is 7.07. The molecule has 1 aliphatic heterocycles. The Labute approximate surface area is 126 Å². The van der Waals surface area contributed by atoms with Gasteiger partial charge in [0.2, 0.25) is 0 Å². The number of nitrogens with zero attached hydrogens (tertiary/aromatic N) is 2. The van der Waals surface area contributed by atoms with Crippen molar-refractivity contribution in [2.45, 2.75) is 45.1 Å². The van der Waals surface area contributed by atoms with Crippen molar-refractivity contribution >= 4 is 6.09 Å². The second kappa shape index (κ2) is 6.33. The van der Waals surface area contributed by atoms with Gasteiger partial charge in [0.15, 0.2) is 0 Å². The summed E-state index contributed by atoms with van der Waals surface area (Å²) >= 11 is 0. The highest BCUT2D eigenvalue weighted by Gasteiger charge is 2.28. The first kappa shape index (κ1) is 15.6. The molecule has 116 valence electrons. The van der Waals surface area contributed by atoms with Crippen LogP contribution in [0.5, 0.6) is 5.75 Å². The van der Waals surface area contributed by atoms with E-state index in [0.29, 0.717) is 6.54 Å². The number of methoxy groups -OCH3 is 1. The molecule has 2 heterocycles. The van der Waals surface area contributed by atoms with E-state index in [1.807, 2.05) is 32.9 Å². The molecule has 5 heteroatoms. The molecule has 0 saturated carbocycles. The lowest BCUT2D eigenvalue weighted by atomic mass is 9.94. The van der Waals surface area contributed by atoms with Gasteiger partial charge in [-0.1, -0.05) is 0 Å². The van der Waals surface area contributed by atoms with Crippen LogP contribution in [0.2, 0.25) is 0 Å². The van der Waals surface area contributed by atoms with Crippen LogP contribution in [0.3, 0.4) is 0 Å². The zero-order valence-electron chi connectivity index (χ0n) is 13.3. The number of hydrogen-bond donors (Lipinski definition) is 0. The van der Waals surface area contributed by atoms with Gasteiger partial charge in [0.05, 0.1) is 13.3 Å². The number of rotatable bonds is 2. The molecule has 1 unspecified atom stereocenters. The molecule has 1 atom stereocenters. The minimum absolute atomic E-state index is 0.235. The third-order valence-corrected chi connectivity index (χ3v) is 3.49. The summed E-state index contributed by atoms with van der Waals surface area (Å²) in [5, 5.41) is 0. The lowest BCUT2D eigenvalue weighted by molar-refractivity contribution is 0.0197. The van der Waals surface area contributed by atoms with Gasteiger partial charge < -0.3 is 14.4 Å². The lowest BCUT2D eigenvalue weighted by Gasteiger charge is -2.33. The first-order chi connectivity index (χ1) is 9.89. The van der Waals surface area contributed by atoms with Crippen molar-refractivity contribution < 1.29 is 14.3 Å². The van der Waals surface area contributed by atoms with Gasteiger partial charge in [0, 0.05) is 24.7 Å². The van der Waals surface area contributed by atoms with Crippen LogP contribution < -0.4 is 4.74 Å². The van der Waals surface area contributed by atoms with E-state index in [1.165, 1.54) is 0 Å². The van der Waals surface area contributed by atoms with Crippen LogP contribution in [-0.4, -0.2) is 41.8 Å². The Morgan fingerprint density at radius 3 is 2.71 bits per heavy atom. The fourth-order valence-electron chi connectivity index (χ4n) is 2.46. The number of carbonyl (C=O) groups excluding carboxylic acids is 1. The largest absolute Gasteiger partial charge is 0.495 e. The molecule has 5 nitrogen and oxygen atoms in total. The Balaban J connectivity index is 2.01. The zero-order chi connectivity index (χ0) is 15.5. The number of pyridine rings is 1. The van der Waals surface area contributed by atoms with Gasteiger partial charge >= 0.3 is 6.09 Å². The molecular formula is C16H24N2O3. The minimum atomic E-state index is -0.456. The van der Waals surface area contributed by atoms with Crippen LogP contribution >= 0.6 is 0 Å². The van der Waals surface area contributed by atoms with E-state index in [1.54, 1.807) is 18.2 Å². The van der Waals surface area contributed by atoms with Gasteiger partial charge in [0.1, 0.15) is 11.4 Å². The summed E-state index contributed by atoms with van der Waals surface area (Å²) in [7, 11) is 1.63. The molecule has 0 aliphatic carbocycles. The number of carbonyl (C=O) groups is 1. The summed E-state index contributed by atoms with van der Waals surface area (Å²) < 4.78 is 10.6. The molecule has 1 aliphatic rings. The molecule has 0 radical (unpaired) electrons. The number of likely N-dealkylation sites (tertiary alicyclic amines) is 1. The van der Waals surface area contributed by atoms with Gasteiger partial charge in [-0.2, -0.15) is 0 Å². The average molecular weight is 292 g/mol. The van der Waals surface area contributed by atoms with Crippen LogP contribution in [0.4, 0.5) is 4.79 Å². The fourth-order valence-corrected chi connectivity index (χ4v) is 2.46. The van der Waals surface area contributed by atoms with Crippen molar-refractivity contribution in [3.05, 3.63) is 24.0 Å². The van der Waals surface area contributed by atoms with E-state index >= 15 is 0 Å². The van der Waals surface area contributed by atoms with Crippen molar-refractivity contribution in [1.82, 2.24) is 9.88 Å². The monoisotopic (exact) mass is 292 g/mol. The van der Waals surface area contributed by atoms with Gasteiger partial charge in [-0.3, -0.25) is 4.98 Å². The van der Waals surface area contributed by atoms with Crippen molar-refractivity contribution in [3.63, 3.8) is 0 Å². The van der Waals surface area contributed by atoms with E-state index in [2.05, 4.69) is 4.98 Å². The van der Waals surface area contributed by atoms with E-state index in [4.69, 9.17) is 9.47 Å². The number of amides is 1. The lowest BCUT2D eigenvalue weighted by Crippen LogP contribution is -2.42. The van der Waals surface area contributed by atoms with E-state index in [-0.39, 0.29) is 12.0 Å². The molecule has 1 aromatic heterocycles. The fraction of sp³-hybridized carbons (Fsp3) is 0.625. The molecule has 1 fully saturated rings. The summed E-state index contributed by atoms with van der Waals surface area (Å²) in [4.78, 5) is 18.4. The smallest absolute Gasteiger partial charge is 0.410 e. The standard InChI is InChI=1S/C16H24N2O3/c1-16(2,3)21-15(19)18-9-5-6-12(11-18)14-8-7-13(20-4)10-17-14/h7-8,10,12H,5-6,9,11H2,1-4H3. The first-order valence-corrected chi connectivity index (χ1v) is 7.37. The van der Waals surface area contributed by atoms with Crippen LogP contribution in [0.15, 0.2) is 18.3 Å². The Hall–Kier alpha value is -1.78. The van der Waals surface area contributed by atoms with Crippen LogP contribution in [-0.2, 0) is 4.74 Å². The number of hydrogen-bond acceptors (Lipinski definition) is 4. The van der Waals surface area contributed by atoms with E-state index in [9.17, 15) is 4.79 Å². The molecule has 1 aromatic rings. The van der Waals surface area contributed by atoms with Crippen LogP contribution in [0.1, 0.15) is 45.2 Å². The van der Waals surface area contributed by atoms with Crippen molar-refractivity contribution in [3.8, 4) is 5.75 Å². The Kier molecular flexibility index (Phi) is 4.70. The van der Waals surface area contributed by atoms with E-state index < -0.39 is 5.60 Å². The Morgan fingerprint density at radius 2 is 2.14 bits per heavy atom. The quantitative estimate of drug-likeness (QED) is 0.840. The third-order valence-electron chi connectivity index (χ3n) is 3.49. The summed E-state index contributed by atoms with van der Waals surface area (Å²) in [6.07, 6.45) is 3.50. The highest BCUT2D eigenvalue weighted by atomic mass is 16.6. The molecule has 0 N–H and O–H groups in total. The van der Waals surface area contributed by atoms with Crippen molar-refractivity contribution in [2.24, 2.45) is 0 Å². The maximum Gasteiger partial charge on any atom is 0.410 e. The Bertz CT molecular complexity index is 479. The highest BCUT2D eigenvalue weighted by Crippen LogP contribution is 2.27. The summed E-state index contributed by atoms with van der Waals surface area (Å²) in [5.74, 6) is 1.01. The number of aromatic nitrogens is 1. The first-order valence-electron chi connectivity index (χ1n) is 7.37. The number of piperidine rings is 1. The second-order valence-electron chi connectivity index (χ2n) is 6.39. The SMILES string of the molecule is COc1ccc(C2CCCN(C(=O)OC(C)(C)C)C2)nc1. The highest BCUT2D eigenvalue weighted by molar-refractivity contribution is 5.68. The van der Waals surface area contributed by atoms with Gasteiger partial charge in [0.25, 0.3) is 0 Å². The molecule has 0 aromatic carbocycles. The maximum atomic E-state index is 12.2. The molecule has 0 spiro atoms. The molecule has 21 heavy (non-hydrogen) atoms. The molecule has 1 amide bonds.